The van der Waals surface area contributed by atoms with Crippen LogP contribution in [0.25, 0.3) is 0 Å². The van der Waals surface area contributed by atoms with E-state index in [0.717, 1.165) is 6.42 Å². The Kier molecular flexibility index (Phi) is 4.94. The topological polar surface area (TPSA) is 35.5 Å². The zero-order valence-electron chi connectivity index (χ0n) is 9.12. The summed E-state index contributed by atoms with van der Waals surface area (Å²) in [7, 11) is 0. The highest BCUT2D eigenvalue weighted by atomic mass is 16.7. The monoisotopic (exact) mass is 200 g/mol. The van der Waals surface area contributed by atoms with Crippen molar-refractivity contribution in [3.63, 3.8) is 0 Å². The van der Waals surface area contributed by atoms with Crippen molar-refractivity contribution in [2.75, 3.05) is 6.61 Å². The number of carbonyl (C=O) groups is 1. The van der Waals surface area contributed by atoms with E-state index in [2.05, 4.69) is 6.92 Å². The Hall–Kier alpha value is -0.570. The van der Waals surface area contributed by atoms with E-state index < -0.39 is 0 Å². The maximum atomic E-state index is 10.9. The summed E-state index contributed by atoms with van der Waals surface area (Å²) in [6, 6.07) is 0. The second-order valence-electron chi connectivity index (χ2n) is 3.97. The van der Waals surface area contributed by atoms with E-state index in [-0.39, 0.29) is 18.2 Å². The highest BCUT2D eigenvalue weighted by Gasteiger charge is 2.31. The third kappa shape index (κ3) is 3.66. The van der Waals surface area contributed by atoms with E-state index in [1.165, 1.54) is 19.3 Å². The molecule has 0 spiro atoms. The lowest BCUT2D eigenvalue weighted by Gasteiger charge is -2.14. The van der Waals surface area contributed by atoms with Gasteiger partial charge in [0.05, 0.1) is 13.0 Å². The van der Waals surface area contributed by atoms with Gasteiger partial charge in [-0.05, 0) is 6.42 Å². The molecule has 0 saturated carbocycles. The SMILES string of the molecule is CCCCCCOC1OC(=O)CC1C. The molecule has 0 aromatic rings. The number of ether oxygens (including phenoxy) is 2. The van der Waals surface area contributed by atoms with Crippen LogP contribution in [0.1, 0.15) is 46.0 Å². The van der Waals surface area contributed by atoms with Gasteiger partial charge < -0.3 is 9.47 Å². The van der Waals surface area contributed by atoms with Crippen molar-refractivity contribution in [2.24, 2.45) is 5.92 Å². The van der Waals surface area contributed by atoms with E-state index >= 15 is 0 Å². The fourth-order valence-corrected chi connectivity index (χ4v) is 1.58. The normalized spacial score (nSPS) is 26.6. The molecule has 82 valence electrons. The Labute approximate surface area is 85.8 Å². The molecule has 14 heavy (non-hydrogen) atoms. The first-order valence-electron chi connectivity index (χ1n) is 5.55. The Bertz CT molecular complexity index is 179. The van der Waals surface area contributed by atoms with Crippen molar-refractivity contribution in [1.82, 2.24) is 0 Å². The van der Waals surface area contributed by atoms with Gasteiger partial charge in [-0.2, -0.15) is 0 Å². The van der Waals surface area contributed by atoms with Crippen molar-refractivity contribution in [1.29, 1.82) is 0 Å². The third-order valence-electron chi connectivity index (χ3n) is 2.48. The summed E-state index contributed by atoms with van der Waals surface area (Å²) in [6.45, 7) is 4.88. The molecule has 0 aliphatic carbocycles. The van der Waals surface area contributed by atoms with Gasteiger partial charge in [-0.1, -0.05) is 33.1 Å². The average molecular weight is 200 g/mol. The van der Waals surface area contributed by atoms with Crippen LogP contribution in [-0.2, 0) is 14.3 Å². The summed E-state index contributed by atoms with van der Waals surface area (Å²) < 4.78 is 10.5. The Morgan fingerprint density at radius 3 is 2.79 bits per heavy atom. The Morgan fingerprint density at radius 2 is 2.21 bits per heavy atom. The summed E-state index contributed by atoms with van der Waals surface area (Å²) >= 11 is 0. The third-order valence-corrected chi connectivity index (χ3v) is 2.48. The van der Waals surface area contributed by atoms with Crippen LogP contribution in [0, 0.1) is 5.92 Å². The summed E-state index contributed by atoms with van der Waals surface area (Å²) in [5, 5.41) is 0. The summed E-state index contributed by atoms with van der Waals surface area (Å²) in [5.74, 6) is 0.0877. The molecular formula is C11H20O3. The number of unbranched alkanes of at least 4 members (excludes halogenated alkanes) is 3. The molecule has 0 bridgehead atoms. The largest absolute Gasteiger partial charge is 0.435 e. The Morgan fingerprint density at radius 1 is 1.43 bits per heavy atom. The highest BCUT2D eigenvalue weighted by Crippen LogP contribution is 2.22. The van der Waals surface area contributed by atoms with Crippen LogP contribution in [0.5, 0.6) is 0 Å². The van der Waals surface area contributed by atoms with E-state index in [1.807, 2.05) is 6.92 Å². The van der Waals surface area contributed by atoms with Gasteiger partial charge in [0, 0.05) is 5.92 Å². The lowest BCUT2D eigenvalue weighted by Crippen LogP contribution is -2.18. The fraction of sp³-hybridized carbons (Fsp3) is 0.909. The number of hydrogen-bond donors (Lipinski definition) is 0. The smallest absolute Gasteiger partial charge is 0.308 e. The van der Waals surface area contributed by atoms with Crippen molar-refractivity contribution in [3.05, 3.63) is 0 Å². The number of cyclic esters (lactones) is 1. The molecule has 2 atom stereocenters. The van der Waals surface area contributed by atoms with Crippen LogP contribution in [0.3, 0.4) is 0 Å². The maximum Gasteiger partial charge on any atom is 0.308 e. The van der Waals surface area contributed by atoms with Gasteiger partial charge >= 0.3 is 5.97 Å². The van der Waals surface area contributed by atoms with Crippen molar-refractivity contribution >= 4 is 5.97 Å². The van der Waals surface area contributed by atoms with Gasteiger partial charge in [-0.25, -0.2) is 0 Å². The lowest BCUT2D eigenvalue weighted by molar-refractivity contribution is -0.166. The predicted molar refractivity (Wildman–Crippen MR) is 53.8 cm³/mol. The first-order valence-corrected chi connectivity index (χ1v) is 5.55. The summed E-state index contributed by atoms with van der Waals surface area (Å²) in [6.07, 6.45) is 4.96. The number of esters is 1. The van der Waals surface area contributed by atoms with Crippen LogP contribution in [0.4, 0.5) is 0 Å². The van der Waals surface area contributed by atoms with E-state index in [4.69, 9.17) is 9.47 Å². The molecule has 1 aliphatic rings. The zero-order chi connectivity index (χ0) is 10.4. The molecule has 2 unspecified atom stereocenters. The zero-order valence-corrected chi connectivity index (χ0v) is 9.12. The molecule has 1 rings (SSSR count). The van der Waals surface area contributed by atoms with Crippen molar-refractivity contribution in [3.8, 4) is 0 Å². The van der Waals surface area contributed by atoms with Crippen molar-refractivity contribution in [2.45, 2.75) is 52.2 Å². The molecular weight excluding hydrogens is 180 g/mol. The van der Waals surface area contributed by atoms with Gasteiger partial charge in [-0.3, -0.25) is 4.79 Å². The number of carbonyl (C=O) groups excluding carboxylic acids is 1. The first kappa shape index (κ1) is 11.5. The standard InChI is InChI=1S/C11H20O3/c1-3-4-5-6-7-13-11-9(2)8-10(12)14-11/h9,11H,3-8H2,1-2H3. The van der Waals surface area contributed by atoms with Gasteiger partial charge in [0.1, 0.15) is 0 Å². The number of rotatable bonds is 6. The van der Waals surface area contributed by atoms with E-state index in [0.29, 0.717) is 13.0 Å². The van der Waals surface area contributed by atoms with Gasteiger partial charge in [0.25, 0.3) is 0 Å². The van der Waals surface area contributed by atoms with Crippen LogP contribution >= 0.6 is 0 Å². The van der Waals surface area contributed by atoms with Crippen molar-refractivity contribution < 1.29 is 14.3 Å². The van der Waals surface area contributed by atoms with Gasteiger partial charge in [-0.15, -0.1) is 0 Å². The van der Waals surface area contributed by atoms with Crippen LogP contribution in [0.15, 0.2) is 0 Å². The molecule has 1 aliphatic heterocycles. The molecule has 0 radical (unpaired) electrons. The molecule has 1 saturated heterocycles. The minimum atomic E-state index is -0.288. The summed E-state index contributed by atoms with van der Waals surface area (Å²) in [5.41, 5.74) is 0. The highest BCUT2D eigenvalue weighted by molar-refractivity contribution is 5.71. The molecule has 1 fully saturated rings. The van der Waals surface area contributed by atoms with Crippen LogP contribution < -0.4 is 0 Å². The first-order chi connectivity index (χ1) is 6.74. The molecule has 0 amide bonds. The lowest BCUT2D eigenvalue weighted by atomic mass is 10.1. The molecule has 0 aromatic carbocycles. The minimum Gasteiger partial charge on any atom is -0.435 e. The van der Waals surface area contributed by atoms with Crippen LogP contribution in [-0.4, -0.2) is 18.9 Å². The fourth-order valence-electron chi connectivity index (χ4n) is 1.58. The molecule has 3 heteroatoms. The molecule has 0 aromatic heterocycles. The molecule has 1 heterocycles. The average Bonchev–Trinajstić information content (AvgIpc) is 2.45. The van der Waals surface area contributed by atoms with E-state index in [1.54, 1.807) is 0 Å². The van der Waals surface area contributed by atoms with Gasteiger partial charge in [0.2, 0.25) is 6.29 Å². The van der Waals surface area contributed by atoms with E-state index in [9.17, 15) is 4.79 Å². The quantitative estimate of drug-likeness (QED) is 0.488. The Balaban J connectivity index is 2.04. The predicted octanol–water partition coefficient (Wildman–Crippen LogP) is 2.49. The molecule has 0 N–H and O–H groups in total. The maximum absolute atomic E-state index is 10.9. The molecule has 3 nitrogen and oxygen atoms in total. The second kappa shape index (κ2) is 6.02. The second-order valence-corrected chi connectivity index (χ2v) is 3.97. The minimum absolute atomic E-state index is 0.129. The van der Waals surface area contributed by atoms with Gasteiger partial charge in [0.15, 0.2) is 0 Å². The summed E-state index contributed by atoms with van der Waals surface area (Å²) in [4.78, 5) is 10.9. The van der Waals surface area contributed by atoms with Crippen LogP contribution in [0.2, 0.25) is 0 Å². The number of hydrogen-bond acceptors (Lipinski definition) is 3.